The van der Waals surface area contributed by atoms with Gasteiger partial charge in [0.15, 0.2) is 12.2 Å². The summed E-state index contributed by atoms with van der Waals surface area (Å²) in [5, 5.41) is 10.2. The number of hydrogen-bond donors (Lipinski definition) is 2. The van der Waals surface area contributed by atoms with Crippen LogP contribution < -0.4 is 0 Å². The Morgan fingerprint density at radius 2 is 1.57 bits per heavy atom. The lowest BCUT2D eigenvalue weighted by Crippen LogP contribution is -2.59. The second-order valence-electron chi connectivity index (χ2n) is 4.51. The fourth-order valence-corrected chi connectivity index (χ4v) is 2.27. The number of ether oxygens (including phenoxy) is 4. The van der Waals surface area contributed by atoms with E-state index in [-0.39, 0.29) is 6.61 Å². The van der Waals surface area contributed by atoms with Crippen molar-refractivity contribution in [1.29, 1.82) is 0 Å². The summed E-state index contributed by atoms with van der Waals surface area (Å²) in [6.07, 6.45) is -4.52. The van der Waals surface area contributed by atoms with E-state index in [1.165, 1.54) is 13.8 Å². The predicted octanol–water partition coefficient (Wildman–Crippen LogP) is -0.572. The van der Waals surface area contributed by atoms with E-state index in [1.807, 2.05) is 0 Å². The number of carbonyl (C=O) groups is 3. The largest absolute Gasteiger partial charge is 0.463 e. The minimum atomic E-state index is -1.33. The van der Waals surface area contributed by atoms with Crippen molar-refractivity contribution in [3.05, 3.63) is 0 Å². The van der Waals surface area contributed by atoms with Crippen LogP contribution in [0.5, 0.6) is 0 Å². The Balaban J connectivity index is 2.87. The first-order chi connectivity index (χ1) is 9.72. The van der Waals surface area contributed by atoms with Crippen molar-refractivity contribution in [1.82, 2.24) is 0 Å². The zero-order valence-corrected chi connectivity index (χ0v) is 12.7. The average Bonchev–Trinajstić information content (AvgIpc) is 2.35. The van der Waals surface area contributed by atoms with Crippen molar-refractivity contribution in [3.63, 3.8) is 0 Å². The first-order valence-corrected chi connectivity index (χ1v) is 6.73. The average molecular weight is 322 g/mol. The number of carbonyl (C=O) groups excluding carboxylic acids is 3. The molecule has 0 aromatic heterocycles. The van der Waals surface area contributed by atoms with E-state index in [2.05, 4.69) is 12.6 Å². The van der Waals surface area contributed by atoms with Crippen molar-refractivity contribution >= 4 is 30.5 Å². The van der Waals surface area contributed by atoms with Gasteiger partial charge in [0.2, 0.25) is 0 Å². The maximum Gasteiger partial charge on any atom is 0.303 e. The van der Waals surface area contributed by atoms with Gasteiger partial charge in [0.25, 0.3) is 0 Å². The molecule has 1 aliphatic rings. The molecular weight excluding hydrogens is 304 g/mol. The lowest BCUT2D eigenvalue weighted by Gasteiger charge is -2.41. The number of thiol groups is 1. The van der Waals surface area contributed by atoms with Crippen molar-refractivity contribution < 1.29 is 38.4 Å². The van der Waals surface area contributed by atoms with Gasteiger partial charge in [0, 0.05) is 20.8 Å². The SMILES string of the molecule is CC(=O)OCC1O[C@H](S)C(OC(C)=O)C(OC(C)=O)[C@H]1O. The van der Waals surface area contributed by atoms with Gasteiger partial charge in [-0.15, -0.1) is 12.6 Å². The highest BCUT2D eigenvalue weighted by atomic mass is 32.1. The molecule has 8 nitrogen and oxygen atoms in total. The van der Waals surface area contributed by atoms with Gasteiger partial charge in [-0.1, -0.05) is 0 Å². The molecular formula is C12H18O8S. The molecule has 1 N–H and O–H groups in total. The Bertz CT molecular complexity index is 412. The summed E-state index contributed by atoms with van der Waals surface area (Å²) in [4.78, 5) is 33.0. The van der Waals surface area contributed by atoms with Crippen LogP contribution in [-0.2, 0) is 33.3 Å². The lowest BCUT2D eigenvalue weighted by molar-refractivity contribution is -0.230. The lowest BCUT2D eigenvalue weighted by atomic mass is 9.99. The summed E-state index contributed by atoms with van der Waals surface area (Å²) in [6, 6.07) is 0. The third kappa shape index (κ3) is 5.18. The topological polar surface area (TPSA) is 108 Å². The van der Waals surface area contributed by atoms with Crippen LogP contribution in [0.15, 0.2) is 0 Å². The fourth-order valence-electron chi connectivity index (χ4n) is 1.89. The summed E-state index contributed by atoms with van der Waals surface area (Å²) < 4.78 is 20.1. The van der Waals surface area contributed by atoms with Crippen molar-refractivity contribution in [2.45, 2.75) is 50.6 Å². The minimum absolute atomic E-state index is 0.238. The molecule has 1 rings (SSSR count). The predicted molar refractivity (Wildman–Crippen MR) is 71.4 cm³/mol. The standard InChI is InChI=1S/C12H18O8S/c1-5(13)17-4-8-9(16)10(18-6(2)14)11(12(21)20-8)19-7(3)15/h8-12,16,21H,4H2,1-3H3/t8?,9-,10?,11?,12+/m0/s1. The smallest absolute Gasteiger partial charge is 0.303 e. The molecule has 0 aliphatic carbocycles. The molecule has 1 aliphatic heterocycles. The number of aliphatic hydroxyl groups is 1. The van der Waals surface area contributed by atoms with Crippen LogP contribution in [0.1, 0.15) is 20.8 Å². The first kappa shape index (κ1) is 17.7. The molecule has 5 atom stereocenters. The summed E-state index contributed by atoms with van der Waals surface area (Å²) in [5.41, 5.74) is -0.942. The Kier molecular flexibility index (Phi) is 6.43. The fraction of sp³-hybridized carbons (Fsp3) is 0.750. The van der Waals surface area contributed by atoms with Gasteiger partial charge in [-0.3, -0.25) is 14.4 Å². The second-order valence-corrected chi connectivity index (χ2v) is 5.02. The molecule has 21 heavy (non-hydrogen) atoms. The van der Waals surface area contributed by atoms with Crippen LogP contribution in [0, 0.1) is 0 Å². The number of rotatable bonds is 4. The van der Waals surface area contributed by atoms with Crippen LogP contribution in [0.3, 0.4) is 0 Å². The molecule has 0 bridgehead atoms. The Morgan fingerprint density at radius 3 is 2.05 bits per heavy atom. The highest BCUT2D eigenvalue weighted by Gasteiger charge is 2.48. The third-order valence-electron chi connectivity index (χ3n) is 2.69. The second kappa shape index (κ2) is 7.62. The van der Waals surface area contributed by atoms with E-state index >= 15 is 0 Å². The number of esters is 3. The molecule has 9 heteroatoms. The first-order valence-electron chi connectivity index (χ1n) is 6.21. The van der Waals surface area contributed by atoms with E-state index in [4.69, 9.17) is 18.9 Å². The van der Waals surface area contributed by atoms with Crippen LogP contribution >= 0.6 is 12.6 Å². The molecule has 3 unspecified atom stereocenters. The quantitative estimate of drug-likeness (QED) is 0.402. The number of hydrogen-bond acceptors (Lipinski definition) is 9. The van der Waals surface area contributed by atoms with E-state index < -0.39 is 47.8 Å². The van der Waals surface area contributed by atoms with Gasteiger partial charge < -0.3 is 24.1 Å². The van der Waals surface area contributed by atoms with Crippen LogP contribution in [-0.4, -0.2) is 59.5 Å². The zero-order chi connectivity index (χ0) is 16.2. The summed E-state index contributed by atoms with van der Waals surface area (Å²) in [7, 11) is 0. The van der Waals surface area contributed by atoms with E-state index in [0.717, 1.165) is 6.92 Å². The molecule has 0 saturated carbocycles. The van der Waals surface area contributed by atoms with Crippen molar-refractivity contribution in [2.24, 2.45) is 0 Å². The van der Waals surface area contributed by atoms with E-state index in [9.17, 15) is 19.5 Å². The summed E-state index contributed by atoms with van der Waals surface area (Å²) in [6.45, 7) is 3.29. The zero-order valence-electron chi connectivity index (χ0n) is 11.8. The van der Waals surface area contributed by atoms with Crippen LogP contribution in [0.4, 0.5) is 0 Å². The molecule has 0 aromatic carbocycles. The molecule has 0 spiro atoms. The molecule has 1 heterocycles. The monoisotopic (exact) mass is 322 g/mol. The Hall–Kier alpha value is -1.32. The minimum Gasteiger partial charge on any atom is -0.463 e. The highest BCUT2D eigenvalue weighted by molar-refractivity contribution is 7.80. The maximum atomic E-state index is 11.1. The van der Waals surface area contributed by atoms with Gasteiger partial charge in [0.1, 0.15) is 24.3 Å². The maximum absolute atomic E-state index is 11.1. The highest BCUT2D eigenvalue weighted by Crippen LogP contribution is 2.28. The van der Waals surface area contributed by atoms with Crippen molar-refractivity contribution in [3.8, 4) is 0 Å². The summed E-state index contributed by atoms with van der Waals surface area (Å²) in [5.74, 6) is -1.84. The van der Waals surface area contributed by atoms with Gasteiger partial charge in [0.05, 0.1) is 0 Å². The molecule has 1 saturated heterocycles. The van der Waals surface area contributed by atoms with Crippen LogP contribution in [0.2, 0.25) is 0 Å². The summed E-state index contributed by atoms with van der Waals surface area (Å²) >= 11 is 4.11. The normalized spacial score (nSPS) is 32.1. The van der Waals surface area contributed by atoms with Gasteiger partial charge >= 0.3 is 17.9 Å². The molecule has 0 aromatic rings. The van der Waals surface area contributed by atoms with Crippen molar-refractivity contribution in [2.75, 3.05) is 6.61 Å². The third-order valence-corrected chi connectivity index (χ3v) is 3.11. The van der Waals surface area contributed by atoms with Gasteiger partial charge in [-0.25, -0.2) is 0 Å². The molecule has 1 fully saturated rings. The molecule has 0 radical (unpaired) electrons. The Labute approximate surface area is 127 Å². The molecule has 0 amide bonds. The van der Waals surface area contributed by atoms with Gasteiger partial charge in [-0.05, 0) is 0 Å². The van der Waals surface area contributed by atoms with Gasteiger partial charge in [-0.2, -0.15) is 0 Å². The van der Waals surface area contributed by atoms with E-state index in [1.54, 1.807) is 0 Å². The Morgan fingerprint density at radius 1 is 1.05 bits per heavy atom. The van der Waals surface area contributed by atoms with E-state index in [0.29, 0.717) is 0 Å². The number of aliphatic hydroxyl groups excluding tert-OH is 1. The molecule has 120 valence electrons. The van der Waals surface area contributed by atoms with Crippen LogP contribution in [0.25, 0.3) is 0 Å².